The molecule has 178 valence electrons. The number of ether oxygens (including phenoxy) is 3. The van der Waals surface area contributed by atoms with Crippen molar-refractivity contribution in [2.75, 3.05) is 41.0 Å². The molecule has 0 bridgehead atoms. The Hall–Kier alpha value is -2.57. The van der Waals surface area contributed by atoms with Crippen LogP contribution in [0.1, 0.15) is 36.0 Å². The van der Waals surface area contributed by atoms with Crippen molar-refractivity contribution < 1.29 is 19.0 Å². The fourth-order valence-electron chi connectivity index (χ4n) is 5.44. The zero-order valence-electron chi connectivity index (χ0n) is 20.1. The maximum Gasteiger partial charge on any atom is 0.305 e. The second-order valence-electron chi connectivity index (χ2n) is 9.15. The number of methoxy groups -OCH3 is 3. The van der Waals surface area contributed by atoms with Crippen LogP contribution in [-0.4, -0.2) is 62.8 Å². The number of fused-ring (bicyclic) bond motifs is 1. The lowest BCUT2D eigenvalue weighted by molar-refractivity contribution is -0.141. The van der Waals surface area contributed by atoms with Gasteiger partial charge >= 0.3 is 5.97 Å². The van der Waals surface area contributed by atoms with Gasteiger partial charge in [-0.25, -0.2) is 0 Å². The largest absolute Gasteiger partial charge is 0.493 e. The molecule has 2 heterocycles. The normalized spacial score (nSPS) is 21.3. The Morgan fingerprint density at radius 1 is 1.00 bits per heavy atom. The van der Waals surface area contributed by atoms with Gasteiger partial charge in [0.05, 0.1) is 21.3 Å². The van der Waals surface area contributed by atoms with Gasteiger partial charge in [-0.15, -0.1) is 0 Å². The van der Waals surface area contributed by atoms with Gasteiger partial charge < -0.3 is 14.2 Å². The number of nitrogens with zero attached hydrogens (tertiary/aromatic N) is 2. The molecule has 6 nitrogen and oxygen atoms in total. The molecule has 2 atom stereocenters. The zero-order chi connectivity index (χ0) is 23.2. The number of likely N-dealkylation sites (tertiary alicyclic amines) is 1. The van der Waals surface area contributed by atoms with Crippen LogP contribution in [0.25, 0.3) is 0 Å². The van der Waals surface area contributed by atoms with Crippen LogP contribution in [0.5, 0.6) is 11.5 Å². The Balaban J connectivity index is 1.48. The van der Waals surface area contributed by atoms with Crippen molar-refractivity contribution in [2.24, 2.45) is 5.92 Å². The highest BCUT2D eigenvalue weighted by Gasteiger charge is 2.35. The summed E-state index contributed by atoms with van der Waals surface area (Å²) in [6.45, 7) is 4.98. The summed E-state index contributed by atoms with van der Waals surface area (Å²) in [7, 11) is 4.86. The van der Waals surface area contributed by atoms with Crippen molar-refractivity contribution in [3.05, 3.63) is 59.2 Å². The van der Waals surface area contributed by atoms with Crippen LogP contribution in [0.2, 0.25) is 0 Å². The third-order valence-electron chi connectivity index (χ3n) is 7.19. The van der Waals surface area contributed by atoms with Crippen molar-refractivity contribution in [1.82, 2.24) is 9.80 Å². The minimum absolute atomic E-state index is 0.116. The Labute approximate surface area is 197 Å². The first-order chi connectivity index (χ1) is 16.1. The molecular weight excluding hydrogens is 416 g/mol. The monoisotopic (exact) mass is 452 g/mol. The van der Waals surface area contributed by atoms with Crippen LogP contribution in [-0.2, 0) is 29.0 Å². The summed E-state index contributed by atoms with van der Waals surface area (Å²) in [5, 5.41) is 0. The first-order valence-electron chi connectivity index (χ1n) is 11.9. The summed E-state index contributed by atoms with van der Waals surface area (Å²) in [6, 6.07) is 15.4. The number of hydrogen-bond donors (Lipinski definition) is 0. The second-order valence-corrected chi connectivity index (χ2v) is 9.15. The Bertz CT molecular complexity index is 933. The van der Waals surface area contributed by atoms with E-state index >= 15 is 0 Å². The molecule has 2 aliphatic rings. The molecule has 0 amide bonds. The van der Waals surface area contributed by atoms with E-state index in [-0.39, 0.29) is 5.97 Å². The van der Waals surface area contributed by atoms with Crippen molar-refractivity contribution >= 4 is 5.97 Å². The van der Waals surface area contributed by atoms with Gasteiger partial charge in [0.2, 0.25) is 0 Å². The van der Waals surface area contributed by atoms with Crippen molar-refractivity contribution in [3.8, 4) is 11.5 Å². The number of esters is 1. The molecule has 33 heavy (non-hydrogen) atoms. The third-order valence-corrected chi connectivity index (χ3v) is 7.19. The van der Waals surface area contributed by atoms with E-state index in [1.807, 2.05) is 0 Å². The number of hydrogen-bond acceptors (Lipinski definition) is 6. The van der Waals surface area contributed by atoms with Gasteiger partial charge in [0, 0.05) is 38.6 Å². The van der Waals surface area contributed by atoms with Crippen LogP contribution in [0, 0.1) is 5.92 Å². The average Bonchev–Trinajstić information content (AvgIpc) is 2.86. The summed E-state index contributed by atoms with van der Waals surface area (Å²) >= 11 is 0. The van der Waals surface area contributed by atoms with Gasteiger partial charge in [-0.2, -0.15) is 0 Å². The first-order valence-corrected chi connectivity index (χ1v) is 11.9. The lowest BCUT2D eigenvalue weighted by atomic mass is 9.85. The first kappa shape index (κ1) is 23.6. The van der Waals surface area contributed by atoms with Crippen LogP contribution in [0.3, 0.4) is 0 Å². The lowest BCUT2D eigenvalue weighted by Gasteiger charge is -2.45. The average molecular weight is 453 g/mol. The standard InChI is InChI=1S/C27H36N2O4/c1-31-25-15-21-11-14-29(19-23(21)16-26(25)32-2)24-12-13-28(17-20-7-5-4-6-8-20)18-22(24)9-10-27(30)33-3/h4-8,15-16,22,24H,9-14,17-19H2,1-3H3/t22-,24-/m0/s1. The molecule has 4 rings (SSSR count). The summed E-state index contributed by atoms with van der Waals surface area (Å²) in [5.41, 5.74) is 4.00. The molecule has 0 saturated carbocycles. The Kier molecular flexibility index (Phi) is 7.89. The van der Waals surface area contributed by atoms with Crippen LogP contribution in [0.15, 0.2) is 42.5 Å². The third kappa shape index (κ3) is 5.68. The quantitative estimate of drug-likeness (QED) is 0.566. The maximum atomic E-state index is 11.9. The van der Waals surface area contributed by atoms with Gasteiger partial charge in [0.15, 0.2) is 11.5 Å². The molecular formula is C27H36N2O4. The second kappa shape index (κ2) is 11.0. The molecule has 0 aromatic heterocycles. The molecule has 0 aliphatic carbocycles. The van der Waals surface area contributed by atoms with E-state index in [1.165, 1.54) is 23.8 Å². The van der Waals surface area contributed by atoms with Gasteiger partial charge in [0.1, 0.15) is 0 Å². The van der Waals surface area contributed by atoms with Gasteiger partial charge in [0.25, 0.3) is 0 Å². The molecule has 1 saturated heterocycles. The Morgan fingerprint density at radius 3 is 2.42 bits per heavy atom. The molecule has 2 aromatic carbocycles. The van der Waals surface area contributed by atoms with Gasteiger partial charge in [-0.3, -0.25) is 14.6 Å². The van der Waals surface area contributed by atoms with E-state index in [1.54, 1.807) is 14.2 Å². The highest BCUT2D eigenvalue weighted by Crippen LogP contribution is 2.36. The van der Waals surface area contributed by atoms with E-state index in [9.17, 15) is 4.79 Å². The molecule has 1 fully saturated rings. The number of carbonyl (C=O) groups excluding carboxylic acids is 1. The van der Waals surface area contributed by atoms with Crippen LogP contribution in [0.4, 0.5) is 0 Å². The minimum atomic E-state index is -0.116. The highest BCUT2D eigenvalue weighted by atomic mass is 16.5. The van der Waals surface area contributed by atoms with E-state index in [4.69, 9.17) is 14.2 Å². The molecule has 2 aromatic rings. The van der Waals surface area contributed by atoms with E-state index in [0.29, 0.717) is 18.4 Å². The molecule has 0 radical (unpaired) electrons. The Morgan fingerprint density at radius 2 is 1.73 bits per heavy atom. The predicted molar refractivity (Wildman–Crippen MR) is 129 cm³/mol. The molecule has 0 spiro atoms. The number of carbonyl (C=O) groups is 1. The fourth-order valence-corrected chi connectivity index (χ4v) is 5.44. The van der Waals surface area contributed by atoms with Crippen molar-refractivity contribution in [3.63, 3.8) is 0 Å². The van der Waals surface area contributed by atoms with Crippen LogP contribution < -0.4 is 9.47 Å². The lowest BCUT2D eigenvalue weighted by Crippen LogP contribution is -2.52. The number of piperidine rings is 1. The van der Waals surface area contributed by atoms with E-state index in [2.05, 4.69) is 52.3 Å². The fraction of sp³-hybridized carbons (Fsp3) is 0.519. The van der Waals surface area contributed by atoms with Gasteiger partial charge in [-0.1, -0.05) is 30.3 Å². The van der Waals surface area contributed by atoms with Crippen LogP contribution >= 0.6 is 0 Å². The van der Waals surface area contributed by atoms with Crippen molar-refractivity contribution in [1.29, 1.82) is 0 Å². The number of benzene rings is 2. The summed E-state index contributed by atoms with van der Waals surface area (Å²) in [5.74, 6) is 1.91. The summed E-state index contributed by atoms with van der Waals surface area (Å²) in [4.78, 5) is 17.1. The summed E-state index contributed by atoms with van der Waals surface area (Å²) in [6.07, 6.45) is 3.45. The smallest absolute Gasteiger partial charge is 0.305 e. The summed E-state index contributed by atoms with van der Waals surface area (Å²) < 4.78 is 16.0. The molecule has 0 N–H and O–H groups in total. The van der Waals surface area contributed by atoms with E-state index in [0.717, 1.165) is 63.5 Å². The molecule has 2 aliphatic heterocycles. The highest BCUT2D eigenvalue weighted by molar-refractivity contribution is 5.69. The maximum absolute atomic E-state index is 11.9. The van der Waals surface area contributed by atoms with E-state index < -0.39 is 0 Å². The zero-order valence-corrected chi connectivity index (χ0v) is 20.1. The van der Waals surface area contributed by atoms with Crippen molar-refractivity contribution in [2.45, 2.75) is 44.8 Å². The minimum Gasteiger partial charge on any atom is -0.493 e. The SMILES string of the molecule is COC(=O)CC[C@H]1CN(Cc2ccccc2)CC[C@@H]1N1CCc2cc(OC)c(OC)cc2C1. The number of rotatable bonds is 8. The molecule has 0 unspecified atom stereocenters. The molecule has 6 heteroatoms. The van der Waals surface area contributed by atoms with Gasteiger partial charge in [-0.05, 0) is 60.5 Å². The topological polar surface area (TPSA) is 51.2 Å². The predicted octanol–water partition coefficient (Wildman–Crippen LogP) is 3.91.